The number of nitrogens with one attached hydrogen (secondary N) is 1. The number of aromatic nitrogens is 1. The molecule has 0 aliphatic rings. The van der Waals surface area contributed by atoms with Gasteiger partial charge in [-0.3, -0.25) is 0 Å². The average molecular weight is 279 g/mol. The molecule has 1 aromatic heterocycles. The summed E-state index contributed by atoms with van der Waals surface area (Å²) >= 11 is 1.59. The highest BCUT2D eigenvalue weighted by Gasteiger charge is 2.09. The third kappa shape index (κ3) is 3.75. The van der Waals surface area contributed by atoms with Crippen LogP contribution in [0.5, 0.6) is 0 Å². The van der Waals surface area contributed by atoms with Gasteiger partial charge in [-0.15, -0.1) is 11.3 Å². The number of nitrogens with zero attached hydrogens (tertiary/aromatic N) is 2. The second kappa shape index (κ2) is 6.12. The quantitative estimate of drug-likeness (QED) is 0.907. The van der Waals surface area contributed by atoms with Gasteiger partial charge in [-0.05, 0) is 24.3 Å². The maximum absolute atomic E-state index is 12.9. The van der Waals surface area contributed by atoms with Crippen molar-refractivity contribution in [3.63, 3.8) is 0 Å². The van der Waals surface area contributed by atoms with Gasteiger partial charge in [0, 0.05) is 30.7 Å². The van der Waals surface area contributed by atoms with Crippen molar-refractivity contribution in [1.82, 2.24) is 10.3 Å². The summed E-state index contributed by atoms with van der Waals surface area (Å²) in [6.07, 6.45) is 0. The topological polar surface area (TPSA) is 28.2 Å². The molecule has 0 spiro atoms. The van der Waals surface area contributed by atoms with Crippen LogP contribution in [0.25, 0.3) is 0 Å². The van der Waals surface area contributed by atoms with Gasteiger partial charge in [0.05, 0.1) is 5.69 Å². The summed E-state index contributed by atoms with van der Waals surface area (Å²) in [7, 11) is 1.94. The van der Waals surface area contributed by atoms with Crippen LogP contribution in [0.4, 0.5) is 15.2 Å². The first-order chi connectivity index (χ1) is 9.06. The molecule has 0 aliphatic carbocycles. The first-order valence-electron chi connectivity index (χ1n) is 6.23. The lowest BCUT2D eigenvalue weighted by Crippen LogP contribution is -2.22. The van der Waals surface area contributed by atoms with Crippen molar-refractivity contribution < 1.29 is 4.39 Å². The average Bonchev–Trinajstić information content (AvgIpc) is 2.85. The van der Waals surface area contributed by atoms with Crippen LogP contribution in [-0.4, -0.2) is 18.1 Å². The summed E-state index contributed by atoms with van der Waals surface area (Å²) in [5.41, 5.74) is 1.96. The molecule has 0 atom stereocenters. The molecule has 0 unspecified atom stereocenters. The van der Waals surface area contributed by atoms with E-state index in [9.17, 15) is 4.39 Å². The fourth-order valence-corrected chi connectivity index (χ4v) is 2.43. The molecule has 0 radical (unpaired) electrons. The first-order valence-corrected chi connectivity index (χ1v) is 7.11. The minimum Gasteiger partial charge on any atom is -0.321 e. The largest absolute Gasteiger partial charge is 0.321 e. The molecule has 5 heteroatoms. The maximum atomic E-state index is 12.9. The molecular weight excluding hydrogens is 261 g/mol. The molecule has 0 aliphatic heterocycles. The number of rotatable bonds is 5. The van der Waals surface area contributed by atoms with Gasteiger partial charge in [0.1, 0.15) is 5.82 Å². The summed E-state index contributed by atoms with van der Waals surface area (Å²) in [5.74, 6) is -0.224. The Bertz CT molecular complexity index is 522. The first kappa shape index (κ1) is 14.0. The molecule has 0 bridgehead atoms. The van der Waals surface area contributed by atoms with E-state index in [-0.39, 0.29) is 5.82 Å². The van der Waals surface area contributed by atoms with E-state index in [2.05, 4.69) is 24.1 Å². The van der Waals surface area contributed by atoms with Crippen LogP contribution in [0.3, 0.4) is 0 Å². The highest BCUT2D eigenvalue weighted by molar-refractivity contribution is 7.13. The number of halogens is 1. The van der Waals surface area contributed by atoms with Gasteiger partial charge in [0.2, 0.25) is 0 Å². The van der Waals surface area contributed by atoms with Crippen molar-refractivity contribution in [3.05, 3.63) is 41.2 Å². The Balaban J connectivity index is 2.07. The molecular formula is C14H18FN3S. The molecule has 19 heavy (non-hydrogen) atoms. The summed E-state index contributed by atoms with van der Waals surface area (Å²) < 4.78 is 12.9. The van der Waals surface area contributed by atoms with E-state index in [1.165, 1.54) is 12.1 Å². The molecule has 1 heterocycles. The second-order valence-corrected chi connectivity index (χ2v) is 5.53. The number of anilines is 2. The predicted molar refractivity (Wildman–Crippen MR) is 78.6 cm³/mol. The third-order valence-corrected chi connectivity index (χ3v) is 3.70. The SMILES string of the molecule is CC(C)NCc1csc(N(C)c2ccc(F)cc2)n1. The van der Waals surface area contributed by atoms with Crippen LogP contribution in [0.15, 0.2) is 29.6 Å². The van der Waals surface area contributed by atoms with Crippen LogP contribution in [-0.2, 0) is 6.54 Å². The molecule has 0 amide bonds. The number of hydrogen-bond acceptors (Lipinski definition) is 4. The summed E-state index contributed by atoms with van der Waals surface area (Å²) in [6, 6.07) is 6.87. The molecule has 1 aromatic carbocycles. The zero-order valence-corrected chi connectivity index (χ0v) is 12.2. The van der Waals surface area contributed by atoms with Crippen molar-refractivity contribution in [2.45, 2.75) is 26.4 Å². The van der Waals surface area contributed by atoms with Gasteiger partial charge in [0.15, 0.2) is 5.13 Å². The Morgan fingerprint density at radius 3 is 2.63 bits per heavy atom. The van der Waals surface area contributed by atoms with E-state index >= 15 is 0 Å². The van der Waals surface area contributed by atoms with Gasteiger partial charge in [0.25, 0.3) is 0 Å². The van der Waals surface area contributed by atoms with Crippen LogP contribution in [0.1, 0.15) is 19.5 Å². The summed E-state index contributed by atoms with van der Waals surface area (Å²) in [5, 5.41) is 6.29. The fourth-order valence-electron chi connectivity index (χ4n) is 1.62. The lowest BCUT2D eigenvalue weighted by molar-refractivity contribution is 0.583. The Morgan fingerprint density at radius 1 is 1.32 bits per heavy atom. The highest BCUT2D eigenvalue weighted by atomic mass is 32.1. The predicted octanol–water partition coefficient (Wildman–Crippen LogP) is 3.55. The fraction of sp³-hybridized carbons (Fsp3) is 0.357. The lowest BCUT2D eigenvalue weighted by Gasteiger charge is -2.15. The third-order valence-electron chi connectivity index (χ3n) is 2.73. The molecule has 2 rings (SSSR count). The van der Waals surface area contributed by atoms with Gasteiger partial charge in [-0.2, -0.15) is 0 Å². The van der Waals surface area contributed by atoms with E-state index in [0.29, 0.717) is 6.04 Å². The highest BCUT2D eigenvalue weighted by Crippen LogP contribution is 2.26. The normalized spacial score (nSPS) is 11.0. The van der Waals surface area contributed by atoms with E-state index in [1.54, 1.807) is 23.5 Å². The van der Waals surface area contributed by atoms with E-state index in [0.717, 1.165) is 23.1 Å². The van der Waals surface area contributed by atoms with E-state index < -0.39 is 0 Å². The van der Waals surface area contributed by atoms with Crippen molar-refractivity contribution >= 4 is 22.2 Å². The van der Waals surface area contributed by atoms with Gasteiger partial charge in [-0.1, -0.05) is 13.8 Å². The Hall–Kier alpha value is -1.46. The van der Waals surface area contributed by atoms with Crippen LogP contribution >= 0.6 is 11.3 Å². The molecule has 3 nitrogen and oxygen atoms in total. The van der Waals surface area contributed by atoms with E-state index in [1.807, 2.05) is 17.3 Å². The van der Waals surface area contributed by atoms with Crippen molar-refractivity contribution in [3.8, 4) is 0 Å². The number of hydrogen-bond donors (Lipinski definition) is 1. The van der Waals surface area contributed by atoms with Gasteiger partial charge >= 0.3 is 0 Å². The van der Waals surface area contributed by atoms with E-state index in [4.69, 9.17) is 0 Å². The lowest BCUT2D eigenvalue weighted by atomic mass is 10.3. The molecule has 2 aromatic rings. The van der Waals surface area contributed by atoms with Gasteiger partial charge in [-0.25, -0.2) is 9.37 Å². The van der Waals surface area contributed by atoms with Crippen LogP contribution in [0, 0.1) is 5.82 Å². The smallest absolute Gasteiger partial charge is 0.189 e. The van der Waals surface area contributed by atoms with Gasteiger partial charge < -0.3 is 10.2 Å². The van der Waals surface area contributed by atoms with Crippen molar-refractivity contribution in [2.75, 3.05) is 11.9 Å². The molecule has 0 fully saturated rings. The van der Waals surface area contributed by atoms with Crippen LogP contribution < -0.4 is 10.2 Å². The zero-order chi connectivity index (χ0) is 13.8. The second-order valence-electron chi connectivity index (χ2n) is 4.69. The summed E-state index contributed by atoms with van der Waals surface area (Å²) in [4.78, 5) is 6.53. The number of benzene rings is 1. The molecule has 102 valence electrons. The zero-order valence-electron chi connectivity index (χ0n) is 11.4. The molecule has 1 N–H and O–H groups in total. The van der Waals surface area contributed by atoms with Crippen molar-refractivity contribution in [1.29, 1.82) is 0 Å². The maximum Gasteiger partial charge on any atom is 0.189 e. The Morgan fingerprint density at radius 2 is 2.00 bits per heavy atom. The standard InChI is InChI=1S/C14H18FN3S/c1-10(2)16-8-12-9-19-14(17-12)18(3)13-6-4-11(15)5-7-13/h4-7,9-10,16H,8H2,1-3H3. The monoisotopic (exact) mass is 279 g/mol. The molecule has 0 saturated carbocycles. The minimum atomic E-state index is -0.224. The Labute approximate surface area is 117 Å². The van der Waals surface area contributed by atoms with Crippen molar-refractivity contribution in [2.24, 2.45) is 0 Å². The minimum absolute atomic E-state index is 0.224. The van der Waals surface area contributed by atoms with Crippen LogP contribution in [0.2, 0.25) is 0 Å². The summed E-state index contributed by atoms with van der Waals surface area (Å²) in [6.45, 7) is 4.99. The molecule has 0 saturated heterocycles. The Kier molecular flexibility index (Phi) is 4.50. The number of thiazole rings is 1.